The number of halogens is 1. The van der Waals surface area contributed by atoms with Crippen molar-refractivity contribution < 1.29 is 0 Å². The van der Waals surface area contributed by atoms with Crippen molar-refractivity contribution in [2.24, 2.45) is 5.41 Å². The van der Waals surface area contributed by atoms with Gasteiger partial charge in [-0.15, -0.1) is 23.1 Å². The van der Waals surface area contributed by atoms with E-state index < -0.39 is 8.07 Å². The summed E-state index contributed by atoms with van der Waals surface area (Å²) in [6, 6.07) is 0. The van der Waals surface area contributed by atoms with Crippen LogP contribution in [-0.4, -0.2) is 13.6 Å². The molecule has 0 aliphatic carbocycles. The highest BCUT2D eigenvalue weighted by atomic mass is 35.5. The average molecular weight is 189 g/mol. The van der Waals surface area contributed by atoms with Gasteiger partial charge in [-0.25, -0.2) is 0 Å². The molecule has 64 valence electrons. The SMILES string of the molecule is CC(C)(C)C#C[Si](C)(C)CCl. The van der Waals surface area contributed by atoms with Gasteiger partial charge in [0.2, 0.25) is 0 Å². The van der Waals surface area contributed by atoms with Crippen LogP contribution in [0.5, 0.6) is 0 Å². The van der Waals surface area contributed by atoms with Crippen LogP contribution in [0, 0.1) is 16.9 Å². The lowest BCUT2D eigenvalue weighted by Crippen LogP contribution is -2.26. The number of hydrogen-bond donors (Lipinski definition) is 0. The molecule has 0 aromatic heterocycles. The van der Waals surface area contributed by atoms with Crippen molar-refractivity contribution in [3.63, 3.8) is 0 Å². The molecule has 0 unspecified atom stereocenters. The normalized spacial score (nSPS) is 12.2. The minimum atomic E-state index is -1.38. The first kappa shape index (κ1) is 11.1. The summed E-state index contributed by atoms with van der Waals surface area (Å²) in [7, 11) is -1.38. The molecule has 0 aromatic rings. The summed E-state index contributed by atoms with van der Waals surface area (Å²) in [4.78, 5) is 0. The third-order valence-corrected chi connectivity index (χ3v) is 4.58. The highest BCUT2D eigenvalue weighted by Crippen LogP contribution is 2.11. The van der Waals surface area contributed by atoms with E-state index >= 15 is 0 Å². The van der Waals surface area contributed by atoms with Crippen molar-refractivity contribution >= 4 is 19.7 Å². The molecule has 0 spiro atoms. The molecule has 2 heteroatoms. The predicted molar refractivity (Wildman–Crippen MR) is 55.4 cm³/mol. The summed E-state index contributed by atoms with van der Waals surface area (Å²) in [6.07, 6.45) is 0. The number of hydrogen-bond acceptors (Lipinski definition) is 0. The van der Waals surface area contributed by atoms with Gasteiger partial charge in [0, 0.05) is 10.9 Å². The molecule has 0 aromatic carbocycles. The Balaban J connectivity index is 4.29. The van der Waals surface area contributed by atoms with Crippen LogP contribution in [0.25, 0.3) is 0 Å². The quantitative estimate of drug-likeness (QED) is 0.337. The van der Waals surface area contributed by atoms with Crippen LogP contribution in [0.3, 0.4) is 0 Å². The maximum absolute atomic E-state index is 5.78. The maximum atomic E-state index is 5.78. The van der Waals surface area contributed by atoms with Crippen molar-refractivity contribution in [1.82, 2.24) is 0 Å². The van der Waals surface area contributed by atoms with Gasteiger partial charge >= 0.3 is 0 Å². The topological polar surface area (TPSA) is 0 Å². The van der Waals surface area contributed by atoms with E-state index in [4.69, 9.17) is 11.6 Å². The van der Waals surface area contributed by atoms with E-state index in [1.807, 2.05) is 0 Å². The van der Waals surface area contributed by atoms with E-state index in [0.29, 0.717) is 0 Å². The molecule has 0 saturated carbocycles. The third kappa shape index (κ3) is 6.46. The van der Waals surface area contributed by atoms with Gasteiger partial charge in [0.25, 0.3) is 0 Å². The molecule has 0 atom stereocenters. The standard InChI is InChI=1S/C9H17ClSi/c1-9(2,3)6-7-11(4,5)8-10/h8H2,1-5H3. The monoisotopic (exact) mass is 188 g/mol. The Morgan fingerprint density at radius 3 is 2.00 bits per heavy atom. The first-order chi connectivity index (χ1) is 4.77. The number of alkyl halides is 1. The zero-order chi connectivity index (χ0) is 9.12. The van der Waals surface area contributed by atoms with Crippen LogP contribution in [0.4, 0.5) is 0 Å². The lowest BCUT2D eigenvalue weighted by molar-refractivity contribution is 0.571. The highest BCUT2D eigenvalue weighted by Gasteiger charge is 2.16. The van der Waals surface area contributed by atoms with Crippen LogP contribution in [0.1, 0.15) is 20.8 Å². The lowest BCUT2D eigenvalue weighted by Gasteiger charge is -2.12. The van der Waals surface area contributed by atoms with E-state index in [2.05, 4.69) is 45.3 Å². The lowest BCUT2D eigenvalue weighted by atomic mass is 9.99. The summed E-state index contributed by atoms with van der Waals surface area (Å²) in [5, 5.41) is 0. The van der Waals surface area contributed by atoms with Crippen LogP contribution in [0.2, 0.25) is 13.1 Å². The molecule has 0 amide bonds. The van der Waals surface area contributed by atoms with Crippen molar-refractivity contribution in [3.8, 4) is 11.5 Å². The average Bonchev–Trinajstić information content (AvgIpc) is 1.83. The zero-order valence-corrected chi connectivity index (χ0v) is 9.84. The summed E-state index contributed by atoms with van der Waals surface area (Å²) < 4.78 is 0. The van der Waals surface area contributed by atoms with Gasteiger partial charge in [-0.2, -0.15) is 0 Å². The van der Waals surface area contributed by atoms with Crippen molar-refractivity contribution in [1.29, 1.82) is 0 Å². The predicted octanol–water partition coefficient (Wildman–Crippen LogP) is 3.06. The molecule has 0 aliphatic rings. The van der Waals surface area contributed by atoms with E-state index in [1.165, 1.54) is 0 Å². The van der Waals surface area contributed by atoms with Gasteiger partial charge < -0.3 is 0 Å². The Morgan fingerprint density at radius 1 is 1.27 bits per heavy atom. The minimum absolute atomic E-state index is 0.121. The second-order valence-corrected chi connectivity index (χ2v) is 9.60. The molecule has 0 heterocycles. The van der Waals surface area contributed by atoms with E-state index in [1.54, 1.807) is 0 Å². The number of rotatable bonds is 1. The zero-order valence-electron chi connectivity index (χ0n) is 8.09. The van der Waals surface area contributed by atoms with Gasteiger partial charge in [0.1, 0.15) is 8.07 Å². The van der Waals surface area contributed by atoms with Gasteiger partial charge in [0.05, 0.1) is 0 Å². The van der Waals surface area contributed by atoms with Crippen molar-refractivity contribution in [2.75, 3.05) is 5.50 Å². The van der Waals surface area contributed by atoms with Crippen LogP contribution in [-0.2, 0) is 0 Å². The fourth-order valence-electron chi connectivity index (χ4n) is 0.390. The summed E-state index contributed by atoms with van der Waals surface area (Å²) in [5.74, 6) is 3.24. The fourth-order valence-corrected chi connectivity index (χ4v) is 1.37. The van der Waals surface area contributed by atoms with Gasteiger partial charge in [-0.05, 0) is 20.8 Å². The molecule has 0 N–H and O–H groups in total. The van der Waals surface area contributed by atoms with Gasteiger partial charge in [-0.3, -0.25) is 0 Å². The Labute approximate surface area is 76.3 Å². The molecule has 0 bridgehead atoms. The Hall–Kier alpha value is 0.0669. The Morgan fingerprint density at radius 2 is 1.73 bits per heavy atom. The first-order valence-corrected chi connectivity index (χ1v) is 7.61. The summed E-state index contributed by atoms with van der Waals surface area (Å²) >= 11 is 5.78. The maximum Gasteiger partial charge on any atom is 0.146 e. The molecule has 0 fully saturated rings. The highest BCUT2D eigenvalue weighted by molar-refractivity contribution is 6.89. The van der Waals surface area contributed by atoms with E-state index in [-0.39, 0.29) is 5.41 Å². The molecular weight excluding hydrogens is 172 g/mol. The molecule has 11 heavy (non-hydrogen) atoms. The van der Waals surface area contributed by atoms with Crippen LogP contribution < -0.4 is 0 Å². The van der Waals surface area contributed by atoms with E-state index in [9.17, 15) is 0 Å². The third-order valence-electron chi connectivity index (χ3n) is 1.11. The molecule has 0 aliphatic heterocycles. The summed E-state index contributed by atoms with van der Waals surface area (Å²) in [6.45, 7) is 10.8. The van der Waals surface area contributed by atoms with Gasteiger partial charge in [0.15, 0.2) is 0 Å². The second kappa shape index (κ2) is 3.65. The fraction of sp³-hybridized carbons (Fsp3) is 0.778. The largest absolute Gasteiger partial charge is 0.146 e. The minimum Gasteiger partial charge on any atom is -0.130 e. The van der Waals surface area contributed by atoms with Crippen molar-refractivity contribution in [2.45, 2.75) is 33.9 Å². The Kier molecular flexibility index (Phi) is 3.67. The molecular formula is C9H17ClSi. The smallest absolute Gasteiger partial charge is 0.130 e. The second-order valence-electron chi connectivity index (χ2n) is 4.52. The van der Waals surface area contributed by atoms with Crippen LogP contribution in [0.15, 0.2) is 0 Å². The van der Waals surface area contributed by atoms with Crippen LogP contribution >= 0.6 is 11.6 Å². The molecule has 0 nitrogen and oxygen atoms in total. The molecule has 0 radical (unpaired) electrons. The Bertz CT molecular complexity index is 178. The van der Waals surface area contributed by atoms with Gasteiger partial charge in [-0.1, -0.05) is 13.1 Å². The summed E-state index contributed by atoms with van der Waals surface area (Å²) in [5.41, 5.74) is 4.16. The first-order valence-electron chi connectivity index (χ1n) is 3.87. The molecule has 0 rings (SSSR count). The van der Waals surface area contributed by atoms with Crippen molar-refractivity contribution in [3.05, 3.63) is 0 Å². The van der Waals surface area contributed by atoms with E-state index in [0.717, 1.165) is 5.50 Å². The molecule has 0 saturated heterocycles.